The molecule has 4 heteroatoms. The largest absolute Gasteiger partial charge is 0.494 e. The molecule has 1 fully saturated rings. The van der Waals surface area contributed by atoms with Crippen molar-refractivity contribution in [2.75, 3.05) is 0 Å². The van der Waals surface area contributed by atoms with Gasteiger partial charge in [-0.3, -0.25) is 0 Å². The fourth-order valence-corrected chi connectivity index (χ4v) is 6.82. The van der Waals surface area contributed by atoms with Gasteiger partial charge in [0.25, 0.3) is 0 Å². The van der Waals surface area contributed by atoms with E-state index in [1.54, 1.807) is 0 Å². The van der Waals surface area contributed by atoms with Crippen molar-refractivity contribution in [2.45, 2.75) is 51.7 Å². The Labute approximate surface area is 236 Å². The van der Waals surface area contributed by atoms with Crippen LogP contribution in [-0.4, -0.2) is 22.9 Å². The average Bonchev–Trinajstić information content (AvgIpc) is 3.48. The van der Waals surface area contributed by atoms with Gasteiger partial charge < -0.3 is 13.9 Å². The topological polar surface area (TPSA) is 23.4 Å². The van der Waals surface area contributed by atoms with Gasteiger partial charge in [-0.05, 0) is 78.3 Å². The molecule has 0 spiro atoms. The Kier molecular flexibility index (Phi) is 5.88. The number of fused-ring (bicyclic) bond motifs is 5. The Hall–Kier alpha value is -3.86. The van der Waals surface area contributed by atoms with Gasteiger partial charge in [0.2, 0.25) is 0 Å². The van der Waals surface area contributed by atoms with E-state index in [0.29, 0.717) is 0 Å². The molecule has 0 bridgehead atoms. The second-order valence-corrected chi connectivity index (χ2v) is 11.5. The molecule has 0 atom stereocenters. The summed E-state index contributed by atoms with van der Waals surface area (Å²) < 4.78 is 15.7. The third kappa shape index (κ3) is 3.74. The monoisotopic (exact) mass is 523 g/mol. The highest BCUT2D eigenvalue weighted by molar-refractivity contribution is 6.62. The molecule has 0 radical (unpaired) electrons. The van der Waals surface area contributed by atoms with Crippen LogP contribution in [0, 0.1) is 0 Å². The molecule has 7 rings (SSSR count). The lowest BCUT2D eigenvalue weighted by atomic mass is 9.78. The van der Waals surface area contributed by atoms with E-state index in [2.05, 4.69) is 141 Å². The van der Waals surface area contributed by atoms with E-state index in [0.717, 1.165) is 24.0 Å². The zero-order chi connectivity index (χ0) is 27.5. The SMILES string of the molecule is CCC1(CC)OB(c2ccc3c(c2)c2c4ccccc4ccc2n3-c2ccc(-c3ccccc3)cc2)OC1(C)C. The molecule has 1 aliphatic heterocycles. The lowest BCUT2D eigenvalue weighted by molar-refractivity contribution is -0.0296. The summed E-state index contributed by atoms with van der Waals surface area (Å²) >= 11 is 0. The molecule has 0 amide bonds. The van der Waals surface area contributed by atoms with Crippen molar-refractivity contribution >= 4 is 45.2 Å². The highest BCUT2D eigenvalue weighted by Crippen LogP contribution is 2.43. The molecule has 3 nitrogen and oxygen atoms in total. The number of hydrogen-bond acceptors (Lipinski definition) is 2. The quantitative estimate of drug-likeness (QED) is 0.211. The van der Waals surface area contributed by atoms with E-state index in [1.807, 2.05) is 0 Å². The molecule has 5 aromatic carbocycles. The predicted octanol–water partition coefficient (Wildman–Crippen LogP) is 8.68. The van der Waals surface area contributed by atoms with E-state index in [4.69, 9.17) is 9.31 Å². The van der Waals surface area contributed by atoms with Crippen LogP contribution in [0.25, 0.3) is 49.4 Å². The Morgan fingerprint density at radius 3 is 2.05 bits per heavy atom. The molecular formula is C36H34BNO2. The van der Waals surface area contributed by atoms with Gasteiger partial charge >= 0.3 is 7.12 Å². The molecule has 1 aromatic heterocycles. The lowest BCUT2D eigenvalue weighted by Gasteiger charge is -2.38. The highest BCUT2D eigenvalue weighted by atomic mass is 16.7. The van der Waals surface area contributed by atoms with Gasteiger partial charge in [0, 0.05) is 16.5 Å². The van der Waals surface area contributed by atoms with Gasteiger partial charge in [-0.25, -0.2) is 0 Å². The van der Waals surface area contributed by atoms with Crippen LogP contribution in [0.4, 0.5) is 0 Å². The van der Waals surface area contributed by atoms with Gasteiger partial charge in [0.15, 0.2) is 0 Å². The van der Waals surface area contributed by atoms with Gasteiger partial charge in [0.05, 0.1) is 22.2 Å². The first-order valence-corrected chi connectivity index (χ1v) is 14.4. The van der Waals surface area contributed by atoms with E-state index in [1.165, 1.54) is 43.7 Å². The first-order valence-electron chi connectivity index (χ1n) is 14.4. The van der Waals surface area contributed by atoms with Crippen LogP contribution in [-0.2, 0) is 9.31 Å². The van der Waals surface area contributed by atoms with Gasteiger partial charge in [-0.15, -0.1) is 0 Å². The Balaban J connectivity index is 1.42. The smallest absolute Gasteiger partial charge is 0.399 e. The molecule has 6 aromatic rings. The fourth-order valence-electron chi connectivity index (χ4n) is 6.82. The maximum absolute atomic E-state index is 6.71. The summed E-state index contributed by atoms with van der Waals surface area (Å²) in [5.74, 6) is 0. The minimum absolute atomic E-state index is 0.298. The summed E-state index contributed by atoms with van der Waals surface area (Å²) in [6.07, 6.45) is 1.83. The van der Waals surface area contributed by atoms with Crippen molar-refractivity contribution in [3.05, 3.63) is 109 Å². The number of aromatic nitrogens is 1. The second kappa shape index (κ2) is 9.37. The molecule has 0 N–H and O–H groups in total. The van der Waals surface area contributed by atoms with Crippen molar-refractivity contribution < 1.29 is 9.31 Å². The minimum atomic E-state index is -0.391. The van der Waals surface area contributed by atoms with Crippen molar-refractivity contribution in [1.29, 1.82) is 0 Å². The standard InChI is InChI=1S/C36H34BNO2/c1-5-36(6-2)35(3,4)39-37(40-36)28-19-23-32-31(24-28)34-30-15-11-10-14-27(30)18-22-33(34)38(32)29-20-16-26(17-21-29)25-12-8-7-9-13-25/h7-24H,5-6H2,1-4H3. The van der Waals surface area contributed by atoms with Crippen LogP contribution in [0.1, 0.15) is 40.5 Å². The summed E-state index contributed by atoms with van der Waals surface area (Å²) in [6.45, 7) is 8.72. The van der Waals surface area contributed by atoms with Gasteiger partial charge in [-0.2, -0.15) is 0 Å². The normalized spacial score (nSPS) is 16.4. The maximum Gasteiger partial charge on any atom is 0.494 e. The van der Waals surface area contributed by atoms with Crippen LogP contribution in [0.2, 0.25) is 0 Å². The minimum Gasteiger partial charge on any atom is -0.399 e. The van der Waals surface area contributed by atoms with Crippen molar-refractivity contribution in [3.8, 4) is 16.8 Å². The van der Waals surface area contributed by atoms with Crippen LogP contribution < -0.4 is 5.46 Å². The summed E-state index contributed by atoms with van der Waals surface area (Å²) in [6, 6.07) is 39.3. The molecule has 0 aliphatic carbocycles. The average molecular weight is 523 g/mol. The lowest BCUT2D eigenvalue weighted by Crippen LogP contribution is -2.46. The third-order valence-electron chi connectivity index (χ3n) is 9.16. The van der Waals surface area contributed by atoms with Crippen molar-refractivity contribution in [2.24, 2.45) is 0 Å². The Morgan fingerprint density at radius 2 is 1.32 bits per heavy atom. The fraction of sp³-hybridized carbons (Fsp3) is 0.222. The molecular weight excluding hydrogens is 489 g/mol. The Bertz CT molecular complexity index is 1850. The number of hydrogen-bond donors (Lipinski definition) is 0. The molecule has 1 saturated heterocycles. The van der Waals surface area contributed by atoms with Gasteiger partial charge in [-0.1, -0.05) is 98.8 Å². The summed E-state index contributed by atoms with van der Waals surface area (Å²) in [4.78, 5) is 0. The molecule has 40 heavy (non-hydrogen) atoms. The van der Waals surface area contributed by atoms with Gasteiger partial charge in [0.1, 0.15) is 0 Å². The van der Waals surface area contributed by atoms with E-state index >= 15 is 0 Å². The van der Waals surface area contributed by atoms with E-state index in [9.17, 15) is 0 Å². The maximum atomic E-state index is 6.71. The van der Waals surface area contributed by atoms with Crippen molar-refractivity contribution in [3.63, 3.8) is 0 Å². The van der Waals surface area contributed by atoms with Crippen LogP contribution >= 0.6 is 0 Å². The number of benzene rings is 5. The Morgan fingerprint density at radius 1 is 0.650 bits per heavy atom. The first-order chi connectivity index (χ1) is 19.4. The summed E-state index contributed by atoms with van der Waals surface area (Å²) in [7, 11) is -0.391. The summed E-state index contributed by atoms with van der Waals surface area (Å²) in [5, 5.41) is 4.97. The van der Waals surface area contributed by atoms with Crippen LogP contribution in [0.3, 0.4) is 0 Å². The first kappa shape index (κ1) is 25.1. The molecule has 1 aliphatic rings. The highest BCUT2D eigenvalue weighted by Gasteiger charge is 2.55. The van der Waals surface area contributed by atoms with Crippen molar-refractivity contribution in [1.82, 2.24) is 4.57 Å². The molecule has 0 saturated carbocycles. The predicted molar refractivity (Wildman–Crippen MR) is 169 cm³/mol. The summed E-state index contributed by atoms with van der Waals surface area (Å²) in [5.41, 5.74) is 6.36. The van der Waals surface area contributed by atoms with E-state index in [-0.39, 0.29) is 11.2 Å². The number of nitrogens with zero attached hydrogens (tertiary/aromatic N) is 1. The second-order valence-electron chi connectivity index (χ2n) is 11.5. The molecule has 2 heterocycles. The third-order valence-corrected chi connectivity index (χ3v) is 9.16. The molecule has 0 unspecified atom stereocenters. The van der Waals surface area contributed by atoms with Crippen LogP contribution in [0.15, 0.2) is 109 Å². The molecule has 198 valence electrons. The van der Waals surface area contributed by atoms with Crippen LogP contribution in [0.5, 0.6) is 0 Å². The van der Waals surface area contributed by atoms with E-state index < -0.39 is 7.12 Å². The number of rotatable bonds is 5. The zero-order valence-electron chi connectivity index (χ0n) is 23.6. The zero-order valence-corrected chi connectivity index (χ0v) is 23.6.